The molecule has 0 aromatic heterocycles. The summed E-state index contributed by atoms with van der Waals surface area (Å²) in [6, 6.07) is 0. The Morgan fingerprint density at radius 2 is 1.12 bits per heavy atom. The summed E-state index contributed by atoms with van der Waals surface area (Å²) in [5, 5.41) is 0. The van der Waals surface area contributed by atoms with Gasteiger partial charge in [0.2, 0.25) is 0 Å². The van der Waals surface area contributed by atoms with E-state index < -0.39 is 7.59 Å². The summed E-state index contributed by atoms with van der Waals surface area (Å²) in [5.41, 5.74) is 0. The van der Waals surface area contributed by atoms with Crippen molar-refractivity contribution in [3.8, 4) is 0 Å². The molecule has 0 aliphatic carbocycles. The van der Waals surface area contributed by atoms with Gasteiger partial charge in [0.05, 0.1) is 0 Å². The first-order chi connectivity index (χ1) is 2.94. The minimum absolute atomic E-state index is 0. The molecule has 3 heteroatoms. The zero-order valence-electron chi connectivity index (χ0n) is 6.58. The summed E-state index contributed by atoms with van der Waals surface area (Å²) >= 11 is 0. The first kappa shape index (κ1) is 11.2. The van der Waals surface area contributed by atoms with Gasteiger partial charge >= 0.3 is 0 Å². The number of hydrogen-bond acceptors (Lipinski definition) is 0. The van der Waals surface area contributed by atoms with E-state index in [1.54, 1.807) is 0 Å². The summed E-state index contributed by atoms with van der Waals surface area (Å²) in [6.45, 7) is 12.3. The molecule has 0 unspecified atom stereocenters. The number of rotatable bonds is 1. The third-order valence-corrected chi connectivity index (χ3v) is 15.6. The van der Waals surface area contributed by atoms with Crippen molar-refractivity contribution in [3.63, 3.8) is 0 Å². The molecule has 0 radical (unpaired) electrons. The molecule has 0 atom stereocenters. The maximum absolute atomic E-state index is 2.46. The van der Waals surface area contributed by atoms with Crippen molar-refractivity contribution in [3.05, 3.63) is 0 Å². The minimum atomic E-state index is -0.596. The largest absolute Gasteiger partial charge is 0.412 e. The zero-order chi connectivity index (χ0) is 6.08. The summed E-state index contributed by atoms with van der Waals surface area (Å²) in [5.74, 6) is 0. The highest BCUT2D eigenvalue weighted by Crippen LogP contribution is 2.04. The molecule has 0 bridgehead atoms. The lowest BCUT2D eigenvalue weighted by molar-refractivity contribution is 0.824. The quantitative estimate of drug-likeness (QED) is 0.501. The van der Waals surface area contributed by atoms with Crippen LogP contribution >= 0.6 is 0 Å². The second-order valence-corrected chi connectivity index (χ2v) is 19.2. The van der Waals surface area contributed by atoms with Crippen LogP contribution < -0.4 is 0 Å². The molecule has 0 fully saturated rings. The van der Waals surface area contributed by atoms with E-state index in [9.17, 15) is 0 Å². The van der Waals surface area contributed by atoms with Gasteiger partial charge in [-0.05, 0) is 0 Å². The van der Waals surface area contributed by atoms with E-state index in [1.807, 2.05) is 0 Å². The molecule has 0 aliphatic heterocycles. The van der Waals surface area contributed by atoms with Gasteiger partial charge in [-0.25, -0.2) is 0 Å². The van der Waals surface area contributed by atoms with Gasteiger partial charge in [-0.3, -0.25) is 0 Å². The van der Waals surface area contributed by atoms with E-state index in [0.29, 0.717) is 0 Å². The van der Waals surface area contributed by atoms with Gasteiger partial charge in [-0.2, -0.15) is 0 Å². The average Bonchev–Trinajstić information content (AvgIpc) is 1.31. The molecule has 0 amide bonds. The summed E-state index contributed by atoms with van der Waals surface area (Å²) < 4.78 is 0. The summed E-state index contributed by atoms with van der Waals surface area (Å²) in [6.07, 6.45) is 0. The Bertz CT molecular complexity index is 55.9. The summed E-state index contributed by atoms with van der Waals surface area (Å²) in [7, 11) is -0.816. The molecule has 0 aliphatic rings. The van der Waals surface area contributed by atoms with Crippen molar-refractivity contribution < 1.29 is 5.48 Å². The Balaban J connectivity index is 0. The topological polar surface area (TPSA) is 31.5 Å². The van der Waals surface area contributed by atoms with Crippen LogP contribution in [0.4, 0.5) is 0 Å². The van der Waals surface area contributed by atoms with Crippen LogP contribution in [-0.2, 0) is 0 Å². The number of hydrogen-bond donors (Lipinski definition) is 0. The average molecular weight is 150 g/mol. The molecule has 1 nitrogen and oxygen atoms in total. The Hall–Kier alpha value is 0.394. The van der Waals surface area contributed by atoms with Gasteiger partial charge in [0.15, 0.2) is 0 Å². The van der Waals surface area contributed by atoms with Gasteiger partial charge in [0.1, 0.15) is 0 Å². The smallest absolute Gasteiger partial charge is 0.0343 e. The van der Waals surface area contributed by atoms with Crippen LogP contribution in [-0.4, -0.2) is 21.4 Å². The van der Waals surface area contributed by atoms with Crippen molar-refractivity contribution in [2.75, 3.05) is 0 Å². The van der Waals surface area contributed by atoms with E-state index in [-0.39, 0.29) is 13.8 Å². The molecule has 0 rings (SSSR count). The van der Waals surface area contributed by atoms with Gasteiger partial charge in [-0.15, -0.1) is 0 Å². The molecule has 0 aromatic carbocycles. The third-order valence-electron chi connectivity index (χ3n) is 1.73. The lowest BCUT2D eigenvalue weighted by atomic mass is 11.8. The van der Waals surface area contributed by atoms with E-state index in [0.717, 1.165) is 0 Å². The van der Waals surface area contributed by atoms with E-state index in [2.05, 4.69) is 32.7 Å². The fourth-order valence-corrected chi connectivity index (χ4v) is 0. The zero-order valence-corrected chi connectivity index (χ0v) is 8.73. The van der Waals surface area contributed by atoms with Crippen LogP contribution in [0.25, 0.3) is 0 Å². The predicted molar refractivity (Wildman–Crippen MR) is 45.8 cm³/mol. The molecule has 0 spiro atoms. The first-order valence-corrected chi connectivity index (χ1v) is 10.6. The monoisotopic (exact) mass is 150 g/mol. The second-order valence-electron chi connectivity index (χ2n) is 3.52. The van der Waals surface area contributed by atoms with Crippen molar-refractivity contribution >= 4 is 15.9 Å². The maximum Gasteiger partial charge on any atom is 0.0343 e. The van der Waals surface area contributed by atoms with Crippen LogP contribution in [0.5, 0.6) is 0 Å². The molecule has 0 heterocycles. The van der Waals surface area contributed by atoms with Gasteiger partial charge in [0, 0.05) is 15.9 Å². The molecule has 52 valence electrons. The van der Waals surface area contributed by atoms with Crippen molar-refractivity contribution in [1.82, 2.24) is 0 Å². The molecule has 0 saturated carbocycles. The van der Waals surface area contributed by atoms with Crippen molar-refractivity contribution in [2.24, 2.45) is 0 Å². The molecule has 0 saturated heterocycles. The Kier molecular flexibility index (Phi) is 4.81. The predicted octanol–water partition coefficient (Wildman–Crippen LogP) is 1.06. The SMILES string of the molecule is C[SiH](C)[Si](C)(C)C.O. The minimum Gasteiger partial charge on any atom is -0.412 e. The standard InChI is InChI=1S/C5H16Si2.H2O/c1-6(2)7(3,4)5;/h6H,1-5H3;1H2. The normalized spacial score (nSPS) is 11.2. The van der Waals surface area contributed by atoms with Crippen LogP contribution in [0.2, 0.25) is 32.7 Å². The van der Waals surface area contributed by atoms with E-state index in [4.69, 9.17) is 0 Å². The maximum atomic E-state index is 2.46. The lowest BCUT2D eigenvalue weighted by Gasteiger charge is -2.18. The fourth-order valence-electron chi connectivity index (χ4n) is 0. The Morgan fingerprint density at radius 3 is 1.12 bits per heavy atom. The van der Waals surface area contributed by atoms with Gasteiger partial charge in [-0.1, -0.05) is 32.7 Å². The molecule has 0 aromatic rings. The summed E-state index contributed by atoms with van der Waals surface area (Å²) in [4.78, 5) is 0. The van der Waals surface area contributed by atoms with Crippen LogP contribution in [0, 0.1) is 0 Å². The van der Waals surface area contributed by atoms with E-state index >= 15 is 0 Å². The Labute approximate surface area is 54.8 Å². The highest BCUT2D eigenvalue weighted by atomic mass is 29.2. The Morgan fingerprint density at radius 1 is 1.00 bits per heavy atom. The molecule has 8 heavy (non-hydrogen) atoms. The van der Waals surface area contributed by atoms with Crippen molar-refractivity contribution in [2.45, 2.75) is 32.7 Å². The third kappa shape index (κ3) is 4.55. The highest BCUT2D eigenvalue weighted by Gasteiger charge is 2.17. The molecule has 2 N–H and O–H groups in total. The molecular formula is C5H18OSi2. The van der Waals surface area contributed by atoms with Gasteiger partial charge in [0.25, 0.3) is 0 Å². The van der Waals surface area contributed by atoms with Crippen LogP contribution in [0.1, 0.15) is 0 Å². The second kappa shape index (κ2) is 3.43. The fraction of sp³-hybridized carbons (Fsp3) is 1.00. The lowest BCUT2D eigenvalue weighted by Crippen LogP contribution is -2.37. The van der Waals surface area contributed by atoms with Crippen LogP contribution in [0.3, 0.4) is 0 Å². The molecular weight excluding hydrogens is 132 g/mol. The van der Waals surface area contributed by atoms with E-state index in [1.165, 1.54) is 0 Å². The van der Waals surface area contributed by atoms with Crippen LogP contribution in [0.15, 0.2) is 0 Å². The van der Waals surface area contributed by atoms with Crippen molar-refractivity contribution in [1.29, 1.82) is 0 Å². The van der Waals surface area contributed by atoms with Gasteiger partial charge < -0.3 is 5.48 Å². The first-order valence-electron chi connectivity index (χ1n) is 2.94. The highest BCUT2D eigenvalue weighted by molar-refractivity contribution is 7.30.